The summed E-state index contributed by atoms with van der Waals surface area (Å²) in [7, 11) is 0. The minimum Gasteiger partial charge on any atom is -0.353 e. The Morgan fingerprint density at radius 2 is 2.21 bits per heavy atom. The molecule has 0 radical (unpaired) electrons. The second kappa shape index (κ2) is 6.18. The van der Waals surface area contributed by atoms with Crippen molar-refractivity contribution in [1.29, 1.82) is 0 Å². The zero-order valence-corrected chi connectivity index (χ0v) is 14.8. The lowest BCUT2D eigenvalue weighted by atomic mass is 9.80. The highest BCUT2D eigenvalue weighted by molar-refractivity contribution is 5.79. The number of aryl methyl sites for hydroxylation is 1. The van der Waals surface area contributed by atoms with Crippen molar-refractivity contribution in [3.8, 4) is 0 Å². The molecule has 132 valence electrons. The van der Waals surface area contributed by atoms with E-state index in [-0.39, 0.29) is 35.1 Å². The van der Waals surface area contributed by atoms with Crippen LogP contribution < -0.4 is 5.32 Å². The van der Waals surface area contributed by atoms with Crippen LogP contribution in [0.15, 0.2) is 4.52 Å². The van der Waals surface area contributed by atoms with Crippen LogP contribution in [0.4, 0.5) is 0 Å². The van der Waals surface area contributed by atoms with E-state index in [9.17, 15) is 9.59 Å². The average molecular weight is 334 g/mol. The predicted octanol–water partition coefficient (Wildman–Crippen LogP) is 1.42. The molecule has 0 unspecified atom stereocenters. The number of hydrogen-bond acceptors (Lipinski definition) is 5. The van der Waals surface area contributed by atoms with Gasteiger partial charge in [0.05, 0.1) is 5.41 Å². The molecule has 1 saturated heterocycles. The van der Waals surface area contributed by atoms with Gasteiger partial charge >= 0.3 is 0 Å². The van der Waals surface area contributed by atoms with Gasteiger partial charge in [-0.3, -0.25) is 9.59 Å². The maximum Gasteiger partial charge on any atom is 0.235 e. The Balaban J connectivity index is 1.86. The molecule has 0 bridgehead atoms. The van der Waals surface area contributed by atoms with E-state index >= 15 is 0 Å². The molecule has 1 aromatic heterocycles. The number of carbonyl (C=O) groups is 2. The highest BCUT2D eigenvalue weighted by Crippen LogP contribution is 2.50. The molecule has 2 amide bonds. The summed E-state index contributed by atoms with van der Waals surface area (Å²) in [5.41, 5.74) is -0.336. The predicted molar refractivity (Wildman–Crippen MR) is 87.1 cm³/mol. The van der Waals surface area contributed by atoms with Gasteiger partial charge in [0.1, 0.15) is 0 Å². The highest BCUT2D eigenvalue weighted by atomic mass is 16.5. The van der Waals surface area contributed by atoms with Gasteiger partial charge in [0.15, 0.2) is 5.82 Å². The Morgan fingerprint density at radius 3 is 2.79 bits per heavy atom. The van der Waals surface area contributed by atoms with Crippen LogP contribution in [0.1, 0.15) is 51.7 Å². The molecular formula is C17H26N4O3. The van der Waals surface area contributed by atoms with Crippen LogP contribution in [0.3, 0.4) is 0 Å². The summed E-state index contributed by atoms with van der Waals surface area (Å²) in [5.74, 6) is 1.65. The summed E-state index contributed by atoms with van der Waals surface area (Å²) in [6.07, 6.45) is 2.06. The summed E-state index contributed by atoms with van der Waals surface area (Å²) >= 11 is 0. The van der Waals surface area contributed by atoms with Crippen molar-refractivity contribution in [2.75, 3.05) is 13.1 Å². The molecular weight excluding hydrogens is 308 g/mol. The quantitative estimate of drug-likeness (QED) is 0.899. The van der Waals surface area contributed by atoms with Crippen LogP contribution in [0.25, 0.3) is 0 Å². The lowest BCUT2D eigenvalue weighted by molar-refractivity contribution is -0.134. The SMILES string of the molecule is CCC(=O)N[C@@H]1C[C@H]2CN(C(=O)C(C)C)C[C@@]2(c2nc(C)no2)C1. The Bertz CT molecular complexity index is 642. The zero-order valence-electron chi connectivity index (χ0n) is 14.8. The smallest absolute Gasteiger partial charge is 0.235 e. The van der Waals surface area contributed by atoms with Gasteiger partial charge in [-0.1, -0.05) is 25.9 Å². The first kappa shape index (κ1) is 16.9. The largest absolute Gasteiger partial charge is 0.353 e. The molecule has 3 atom stereocenters. The van der Waals surface area contributed by atoms with E-state index in [0.717, 1.165) is 12.8 Å². The number of hydrogen-bond donors (Lipinski definition) is 1. The Hall–Kier alpha value is -1.92. The molecule has 7 nitrogen and oxygen atoms in total. The van der Waals surface area contributed by atoms with Gasteiger partial charge in [-0.25, -0.2) is 0 Å². The second-order valence-corrected chi connectivity index (χ2v) is 7.43. The number of nitrogens with one attached hydrogen (secondary N) is 1. The van der Waals surface area contributed by atoms with Crippen LogP contribution in [0, 0.1) is 18.8 Å². The van der Waals surface area contributed by atoms with Crippen molar-refractivity contribution in [2.45, 2.75) is 58.4 Å². The van der Waals surface area contributed by atoms with Crippen LogP contribution in [0.5, 0.6) is 0 Å². The van der Waals surface area contributed by atoms with Crippen molar-refractivity contribution < 1.29 is 14.1 Å². The lowest BCUT2D eigenvalue weighted by Crippen LogP contribution is -2.40. The lowest BCUT2D eigenvalue weighted by Gasteiger charge is -2.26. The minimum absolute atomic E-state index is 0.0270. The maximum absolute atomic E-state index is 12.5. The van der Waals surface area contributed by atoms with Gasteiger partial charge in [-0.15, -0.1) is 0 Å². The second-order valence-electron chi connectivity index (χ2n) is 7.43. The van der Waals surface area contributed by atoms with Crippen molar-refractivity contribution in [3.05, 3.63) is 11.7 Å². The standard InChI is InChI=1S/C17H26N4O3/c1-5-14(22)19-13-6-12-8-21(15(23)10(2)3)9-17(12,7-13)16-18-11(4)20-24-16/h10,12-13H,5-9H2,1-4H3,(H,19,22)/t12-,13+,17-/m0/s1. The molecule has 2 fully saturated rings. The number of fused-ring (bicyclic) bond motifs is 1. The molecule has 2 heterocycles. The molecule has 7 heteroatoms. The normalized spacial score (nSPS) is 29.1. The van der Waals surface area contributed by atoms with Crippen molar-refractivity contribution in [1.82, 2.24) is 20.4 Å². The third-order valence-corrected chi connectivity index (χ3v) is 5.32. The molecule has 2 aliphatic rings. The van der Waals surface area contributed by atoms with Gasteiger partial charge in [0, 0.05) is 31.5 Å². The third-order valence-electron chi connectivity index (χ3n) is 5.32. The van der Waals surface area contributed by atoms with Gasteiger partial charge in [0.2, 0.25) is 17.7 Å². The molecule has 3 rings (SSSR count). The molecule has 0 spiro atoms. The fourth-order valence-electron chi connectivity index (χ4n) is 4.17. The van der Waals surface area contributed by atoms with Crippen LogP contribution in [-0.2, 0) is 15.0 Å². The van der Waals surface area contributed by atoms with E-state index in [0.29, 0.717) is 31.2 Å². The maximum atomic E-state index is 12.5. The first-order valence-corrected chi connectivity index (χ1v) is 8.74. The van der Waals surface area contributed by atoms with E-state index < -0.39 is 0 Å². The van der Waals surface area contributed by atoms with Crippen molar-refractivity contribution >= 4 is 11.8 Å². The van der Waals surface area contributed by atoms with Crippen LogP contribution in [0.2, 0.25) is 0 Å². The van der Waals surface area contributed by atoms with Crippen LogP contribution >= 0.6 is 0 Å². The van der Waals surface area contributed by atoms with Crippen LogP contribution in [-0.4, -0.2) is 46.0 Å². The fraction of sp³-hybridized carbons (Fsp3) is 0.765. The number of nitrogens with zero attached hydrogens (tertiary/aromatic N) is 3. The Morgan fingerprint density at radius 1 is 1.46 bits per heavy atom. The summed E-state index contributed by atoms with van der Waals surface area (Å²) in [5, 5.41) is 7.04. The van der Waals surface area contributed by atoms with E-state index in [2.05, 4.69) is 15.5 Å². The number of rotatable bonds is 4. The molecule has 1 aromatic rings. The van der Waals surface area contributed by atoms with E-state index in [1.54, 1.807) is 6.92 Å². The first-order valence-electron chi connectivity index (χ1n) is 8.74. The number of amides is 2. The van der Waals surface area contributed by atoms with Crippen molar-refractivity contribution in [2.24, 2.45) is 11.8 Å². The summed E-state index contributed by atoms with van der Waals surface area (Å²) in [6.45, 7) is 8.78. The fourth-order valence-corrected chi connectivity index (χ4v) is 4.17. The minimum atomic E-state index is -0.336. The van der Waals surface area contributed by atoms with Gasteiger partial charge < -0.3 is 14.7 Å². The molecule has 1 saturated carbocycles. The van der Waals surface area contributed by atoms with Gasteiger partial charge in [-0.05, 0) is 25.7 Å². The highest BCUT2D eigenvalue weighted by Gasteiger charge is 2.58. The first-order chi connectivity index (χ1) is 11.4. The summed E-state index contributed by atoms with van der Waals surface area (Å²) < 4.78 is 5.51. The summed E-state index contributed by atoms with van der Waals surface area (Å²) in [4.78, 5) is 30.6. The Kier molecular flexibility index (Phi) is 4.36. The molecule has 24 heavy (non-hydrogen) atoms. The zero-order chi connectivity index (χ0) is 17.5. The topological polar surface area (TPSA) is 88.3 Å². The van der Waals surface area contributed by atoms with E-state index in [4.69, 9.17) is 4.52 Å². The van der Waals surface area contributed by atoms with E-state index in [1.165, 1.54) is 0 Å². The molecule has 0 aromatic carbocycles. The molecule has 1 N–H and O–H groups in total. The van der Waals surface area contributed by atoms with Gasteiger partial charge in [0.25, 0.3) is 0 Å². The average Bonchev–Trinajstić information content (AvgIpc) is 3.18. The van der Waals surface area contributed by atoms with Crippen molar-refractivity contribution in [3.63, 3.8) is 0 Å². The van der Waals surface area contributed by atoms with Gasteiger partial charge in [-0.2, -0.15) is 4.98 Å². The Labute approximate surface area is 142 Å². The monoisotopic (exact) mass is 334 g/mol. The number of aromatic nitrogens is 2. The third kappa shape index (κ3) is 2.80. The molecule has 1 aliphatic carbocycles. The number of likely N-dealkylation sites (tertiary alicyclic amines) is 1. The van der Waals surface area contributed by atoms with E-state index in [1.807, 2.05) is 25.7 Å². The molecule has 1 aliphatic heterocycles. The summed E-state index contributed by atoms with van der Waals surface area (Å²) in [6, 6.07) is 0.103. The number of carbonyl (C=O) groups excluding carboxylic acids is 2.